The van der Waals surface area contributed by atoms with E-state index < -0.39 is 0 Å². The molecule has 1 aromatic carbocycles. The van der Waals surface area contributed by atoms with E-state index in [2.05, 4.69) is 5.32 Å². The van der Waals surface area contributed by atoms with Crippen LogP contribution in [0.2, 0.25) is 0 Å². The van der Waals surface area contributed by atoms with Gasteiger partial charge in [0.25, 0.3) is 0 Å². The number of hydrogen-bond donors (Lipinski definition) is 1. The summed E-state index contributed by atoms with van der Waals surface area (Å²) in [6.07, 6.45) is 6.08. The summed E-state index contributed by atoms with van der Waals surface area (Å²) in [6, 6.07) is 6.84. The van der Waals surface area contributed by atoms with E-state index in [9.17, 15) is 9.59 Å². The van der Waals surface area contributed by atoms with Crippen molar-refractivity contribution in [3.8, 4) is 0 Å². The SMILES string of the molecule is COC(=O)c1ccc(NC(=O)C23C[C@@H]4C[C@@H](CC(Cl)(C4)C2)C3)cc1. The zero-order valence-electron chi connectivity index (χ0n) is 13.8. The van der Waals surface area contributed by atoms with Gasteiger partial charge in [-0.1, -0.05) is 0 Å². The maximum Gasteiger partial charge on any atom is 0.337 e. The number of ether oxygens (including phenoxy) is 1. The molecule has 24 heavy (non-hydrogen) atoms. The highest BCUT2D eigenvalue weighted by molar-refractivity contribution is 6.24. The second-order valence-corrected chi connectivity index (χ2v) is 8.72. The molecular weight excluding hydrogens is 326 g/mol. The Morgan fingerprint density at radius 1 is 1.12 bits per heavy atom. The van der Waals surface area contributed by atoms with Crippen LogP contribution in [0, 0.1) is 17.3 Å². The van der Waals surface area contributed by atoms with Gasteiger partial charge in [0.05, 0.1) is 18.1 Å². The van der Waals surface area contributed by atoms with Crippen molar-refractivity contribution in [3.63, 3.8) is 0 Å². The lowest BCUT2D eigenvalue weighted by Gasteiger charge is -2.59. The van der Waals surface area contributed by atoms with Gasteiger partial charge >= 0.3 is 5.97 Å². The first-order chi connectivity index (χ1) is 11.4. The first kappa shape index (κ1) is 15.9. The quantitative estimate of drug-likeness (QED) is 0.664. The van der Waals surface area contributed by atoms with Crippen LogP contribution in [0.3, 0.4) is 0 Å². The van der Waals surface area contributed by atoms with Gasteiger partial charge in [0.2, 0.25) is 5.91 Å². The fourth-order valence-corrected chi connectivity index (χ4v) is 6.18. The summed E-state index contributed by atoms with van der Waals surface area (Å²) in [6.45, 7) is 0. The molecule has 4 saturated carbocycles. The lowest BCUT2D eigenvalue weighted by molar-refractivity contribution is -0.138. The lowest BCUT2D eigenvalue weighted by Crippen LogP contribution is -2.57. The minimum absolute atomic E-state index is 0.0902. The van der Waals surface area contributed by atoms with Gasteiger partial charge in [-0.25, -0.2) is 4.79 Å². The van der Waals surface area contributed by atoms with E-state index in [4.69, 9.17) is 16.3 Å². The molecule has 4 nitrogen and oxygen atoms in total. The molecule has 0 aromatic heterocycles. The smallest absolute Gasteiger partial charge is 0.337 e. The van der Waals surface area contributed by atoms with Crippen molar-refractivity contribution >= 4 is 29.2 Å². The number of carbonyl (C=O) groups excluding carboxylic acids is 2. The fourth-order valence-electron chi connectivity index (χ4n) is 5.49. The third-order valence-corrected chi connectivity index (χ3v) is 6.48. The van der Waals surface area contributed by atoms with Gasteiger partial charge in [-0.15, -0.1) is 11.6 Å². The molecule has 1 N–H and O–H groups in total. The van der Waals surface area contributed by atoms with Crippen LogP contribution in [0.15, 0.2) is 24.3 Å². The van der Waals surface area contributed by atoms with Crippen LogP contribution in [-0.2, 0) is 9.53 Å². The van der Waals surface area contributed by atoms with Gasteiger partial charge in [0, 0.05) is 10.6 Å². The van der Waals surface area contributed by atoms with Crippen molar-refractivity contribution < 1.29 is 14.3 Å². The predicted molar refractivity (Wildman–Crippen MR) is 92.1 cm³/mol. The zero-order chi connectivity index (χ0) is 16.9. The summed E-state index contributed by atoms with van der Waals surface area (Å²) in [4.78, 5) is 24.3. The van der Waals surface area contributed by atoms with Crippen molar-refractivity contribution in [1.82, 2.24) is 0 Å². The summed E-state index contributed by atoms with van der Waals surface area (Å²) in [5, 5.41) is 3.05. The van der Waals surface area contributed by atoms with Gasteiger partial charge in [-0.2, -0.15) is 0 Å². The van der Waals surface area contributed by atoms with Crippen LogP contribution in [0.1, 0.15) is 48.9 Å². The number of rotatable bonds is 3. The van der Waals surface area contributed by atoms with E-state index in [0.717, 1.165) is 32.1 Å². The highest BCUT2D eigenvalue weighted by atomic mass is 35.5. The number of amides is 1. The summed E-state index contributed by atoms with van der Waals surface area (Å²) >= 11 is 6.81. The number of alkyl halides is 1. The standard InChI is InChI=1S/C19H22ClNO3/c1-24-16(22)14-2-4-15(5-3-14)21-17(23)18-7-12-6-13(8-18)10-19(20,9-12)11-18/h2-5,12-13H,6-11H2,1H3,(H,21,23)/t12-,13+,18?,19?. The molecule has 0 aliphatic heterocycles. The first-order valence-electron chi connectivity index (χ1n) is 8.60. The van der Waals surface area contributed by atoms with Crippen molar-refractivity contribution in [3.05, 3.63) is 29.8 Å². The summed E-state index contributed by atoms with van der Waals surface area (Å²) < 4.78 is 4.69. The van der Waals surface area contributed by atoms with E-state index in [1.54, 1.807) is 24.3 Å². The maximum absolute atomic E-state index is 13.0. The monoisotopic (exact) mass is 347 g/mol. The van der Waals surface area contributed by atoms with E-state index in [1.165, 1.54) is 13.5 Å². The predicted octanol–water partition coefficient (Wildman–Crippen LogP) is 3.99. The molecule has 4 aliphatic carbocycles. The number of carbonyl (C=O) groups is 2. The normalized spacial score (nSPS) is 36.4. The molecule has 4 bridgehead atoms. The molecule has 0 radical (unpaired) electrons. The Labute approximate surface area is 146 Å². The Bertz CT molecular complexity index is 670. The summed E-state index contributed by atoms with van der Waals surface area (Å²) in [5.74, 6) is 0.901. The third kappa shape index (κ3) is 2.61. The van der Waals surface area contributed by atoms with Gasteiger partial charge in [-0.3, -0.25) is 4.79 Å². The molecule has 1 amide bonds. The molecule has 0 heterocycles. The highest BCUT2D eigenvalue weighted by Crippen LogP contribution is 2.64. The number of anilines is 1. The second kappa shape index (κ2) is 5.48. The molecule has 2 unspecified atom stereocenters. The average Bonchev–Trinajstić information content (AvgIpc) is 2.52. The Kier molecular flexibility index (Phi) is 3.64. The fraction of sp³-hybridized carbons (Fsp3) is 0.579. The van der Waals surface area contributed by atoms with E-state index in [1.807, 2.05) is 0 Å². The lowest BCUT2D eigenvalue weighted by atomic mass is 9.49. The minimum Gasteiger partial charge on any atom is -0.465 e. The summed E-state index contributed by atoms with van der Waals surface area (Å²) in [7, 11) is 1.35. The molecule has 4 fully saturated rings. The van der Waals surface area contributed by atoms with E-state index >= 15 is 0 Å². The van der Waals surface area contributed by atoms with Gasteiger partial charge < -0.3 is 10.1 Å². The number of nitrogens with one attached hydrogen (secondary N) is 1. The van der Waals surface area contributed by atoms with Crippen molar-refractivity contribution in [2.45, 2.75) is 43.4 Å². The number of halogens is 1. The van der Waals surface area contributed by atoms with Gasteiger partial charge in [0.1, 0.15) is 0 Å². The molecule has 0 saturated heterocycles. The Hall–Kier alpha value is -1.55. The zero-order valence-corrected chi connectivity index (χ0v) is 14.6. The van der Waals surface area contributed by atoms with Gasteiger partial charge in [0.15, 0.2) is 0 Å². The molecule has 0 spiro atoms. The average molecular weight is 348 g/mol. The Morgan fingerprint density at radius 2 is 1.75 bits per heavy atom. The molecule has 128 valence electrons. The molecule has 5 heteroatoms. The van der Waals surface area contributed by atoms with Crippen LogP contribution in [0.4, 0.5) is 5.69 Å². The van der Waals surface area contributed by atoms with Crippen molar-refractivity contribution in [2.24, 2.45) is 17.3 Å². The molecule has 4 aliphatic rings. The topological polar surface area (TPSA) is 55.4 Å². The van der Waals surface area contributed by atoms with E-state index in [0.29, 0.717) is 23.1 Å². The number of esters is 1. The van der Waals surface area contributed by atoms with Crippen LogP contribution in [-0.4, -0.2) is 23.9 Å². The van der Waals surface area contributed by atoms with Crippen LogP contribution in [0.25, 0.3) is 0 Å². The number of methoxy groups -OCH3 is 1. The molecule has 1 aromatic rings. The first-order valence-corrected chi connectivity index (χ1v) is 8.98. The Balaban J connectivity index is 1.51. The minimum atomic E-state index is -0.377. The van der Waals surface area contributed by atoms with Crippen LogP contribution in [0.5, 0.6) is 0 Å². The Morgan fingerprint density at radius 3 is 2.29 bits per heavy atom. The molecule has 4 atom stereocenters. The van der Waals surface area contributed by atoms with E-state index in [-0.39, 0.29) is 22.2 Å². The largest absolute Gasteiger partial charge is 0.465 e. The van der Waals surface area contributed by atoms with Gasteiger partial charge in [-0.05, 0) is 74.6 Å². The highest BCUT2D eigenvalue weighted by Gasteiger charge is 2.60. The third-order valence-electron chi connectivity index (χ3n) is 6.04. The molecule has 5 rings (SSSR count). The number of benzene rings is 1. The van der Waals surface area contributed by atoms with Crippen LogP contribution >= 0.6 is 11.6 Å². The van der Waals surface area contributed by atoms with Crippen molar-refractivity contribution in [1.29, 1.82) is 0 Å². The second-order valence-electron chi connectivity index (χ2n) is 7.92. The number of hydrogen-bond acceptors (Lipinski definition) is 3. The van der Waals surface area contributed by atoms with Crippen LogP contribution < -0.4 is 5.32 Å². The van der Waals surface area contributed by atoms with Crippen molar-refractivity contribution in [2.75, 3.05) is 12.4 Å². The maximum atomic E-state index is 13.0. The summed E-state index contributed by atoms with van der Waals surface area (Å²) in [5.41, 5.74) is 0.879. The molecular formula is C19H22ClNO3.